The van der Waals surface area contributed by atoms with Crippen LogP contribution in [0.4, 0.5) is 0 Å². The lowest BCUT2D eigenvalue weighted by molar-refractivity contribution is 0.235. The molecule has 2 rings (SSSR count). The minimum atomic E-state index is 0.361. The average Bonchev–Trinajstić information content (AvgIpc) is 2.48. The Bertz CT molecular complexity index is 138. The smallest absolute Gasteiger partial charge is 0.0110 e. The quantitative estimate of drug-likeness (QED) is 0.547. The van der Waals surface area contributed by atoms with Gasteiger partial charge in [0.05, 0.1) is 0 Å². The summed E-state index contributed by atoms with van der Waals surface area (Å²) in [5.41, 5.74) is 12.5. The minimum Gasteiger partial charge on any atom is -0.327 e. The molecule has 2 saturated carbocycles. The van der Waals surface area contributed by atoms with Crippen LogP contribution in [0.2, 0.25) is 0 Å². The van der Waals surface area contributed by atoms with Crippen molar-refractivity contribution in [2.75, 3.05) is 0 Å². The molecule has 11 heavy (non-hydrogen) atoms. The van der Waals surface area contributed by atoms with Crippen LogP contribution < -0.4 is 11.5 Å². The molecule has 0 aromatic rings. The molecule has 0 aromatic heterocycles. The van der Waals surface area contributed by atoms with E-state index in [0.29, 0.717) is 17.5 Å². The first-order valence-corrected chi connectivity index (χ1v) is 4.77. The van der Waals surface area contributed by atoms with Gasteiger partial charge in [-0.1, -0.05) is 12.8 Å². The largest absolute Gasteiger partial charge is 0.327 e. The van der Waals surface area contributed by atoms with Gasteiger partial charge in [0.15, 0.2) is 0 Å². The van der Waals surface area contributed by atoms with E-state index in [4.69, 9.17) is 11.5 Å². The summed E-state index contributed by atoms with van der Waals surface area (Å²) in [6.07, 6.45) is 7.58. The van der Waals surface area contributed by atoms with Gasteiger partial charge in [-0.15, -0.1) is 0 Å². The van der Waals surface area contributed by atoms with Crippen molar-refractivity contribution >= 4 is 0 Å². The molecular weight excluding hydrogens is 136 g/mol. The fourth-order valence-corrected chi connectivity index (χ4v) is 3.02. The third-order valence-electron chi connectivity index (χ3n) is 3.79. The lowest BCUT2D eigenvalue weighted by Gasteiger charge is -2.33. The van der Waals surface area contributed by atoms with Crippen LogP contribution in [0.1, 0.15) is 38.5 Å². The number of nitrogens with two attached hydrogens (primary N) is 2. The van der Waals surface area contributed by atoms with Gasteiger partial charge >= 0.3 is 0 Å². The van der Waals surface area contributed by atoms with E-state index in [1.54, 1.807) is 0 Å². The fourth-order valence-electron chi connectivity index (χ4n) is 3.02. The molecular formula is C9H18N2. The Morgan fingerprint density at radius 3 is 1.64 bits per heavy atom. The van der Waals surface area contributed by atoms with Gasteiger partial charge < -0.3 is 11.5 Å². The lowest BCUT2D eigenvalue weighted by atomic mass is 9.78. The van der Waals surface area contributed by atoms with Crippen LogP contribution in [0.3, 0.4) is 0 Å². The molecule has 0 radical (unpaired) electrons. The van der Waals surface area contributed by atoms with Crippen molar-refractivity contribution < 1.29 is 0 Å². The van der Waals surface area contributed by atoms with Gasteiger partial charge in [-0.25, -0.2) is 0 Å². The van der Waals surface area contributed by atoms with Crippen LogP contribution in [-0.2, 0) is 0 Å². The lowest BCUT2D eigenvalue weighted by Crippen LogP contribution is -2.46. The zero-order valence-corrected chi connectivity index (χ0v) is 7.05. The van der Waals surface area contributed by atoms with E-state index in [1.807, 2.05) is 0 Å². The Morgan fingerprint density at radius 2 is 1.36 bits per heavy atom. The highest BCUT2D eigenvalue weighted by molar-refractivity contribution is 5.04. The summed E-state index contributed by atoms with van der Waals surface area (Å²) >= 11 is 0. The Morgan fingerprint density at radius 1 is 0.909 bits per heavy atom. The van der Waals surface area contributed by atoms with Gasteiger partial charge in [0.1, 0.15) is 0 Å². The van der Waals surface area contributed by atoms with Crippen molar-refractivity contribution in [2.24, 2.45) is 16.9 Å². The second-order valence-corrected chi connectivity index (χ2v) is 4.23. The maximum Gasteiger partial charge on any atom is 0.0110 e. The average molecular weight is 154 g/mol. The van der Waals surface area contributed by atoms with Crippen molar-refractivity contribution in [1.82, 2.24) is 0 Å². The second kappa shape index (κ2) is 2.46. The summed E-state index contributed by atoms with van der Waals surface area (Å²) in [4.78, 5) is 0. The highest BCUT2D eigenvalue weighted by atomic mass is 14.8. The second-order valence-electron chi connectivity index (χ2n) is 4.23. The predicted octanol–water partition coefficient (Wildman–Crippen LogP) is 0.995. The summed E-state index contributed by atoms with van der Waals surface area (Å²) in [6, 6.07) is 0.806. The van der Waals surface area contributed by atoms with Gasteiger partial charge in [-0.3, -0.25) is 0 Å². The van der Waals surface area contributed by atoms with E-state index < -0.39 is 0 Å². The van der Waals surface area contributed by atoms with Gasteiger partial charge in [0.25, 0.3) is 0 Å². The Kier molecular flexibility index (Phi) is 1.69. The Hall–Kier alpha value is -0.0800. The van der Waals surface area contributed by atoms with Gasteiger partial charge in [-0.2, -0.15) is 0 Å². The maximum absolute atomic E-state index is 6.09. The molecule has 2 aliphatic rings. The van der Waals surface area contributed by atoms with E-state index in [2.05, 4.69) is 0 Å². The highest BCUT2D eigenvalue weighted by Gasteiger charge is 2.47. The summed E-state index contributed by atoms with van der Waals surface area (Å²) in [6.45, 7) is 0. The van der Waals surface area contributed by atoms with Gasteiger partial charge in [-0.05, 0) is 25.7 Å². The standard InChI is InChI=1S/C9H18N2/c10-7-3-1-5-9(7)6-2-4-8(9)11/h7-8H,1-6,10-11H2. The maximum atomic E-state index is 6.09. The van der Waals surface area contributed by atoms with Crippen LogP contribution in [0.15, 0.2) is 0 Å². The molecule has 2 atom stereocenters. The molecule has 0 heterocycles. The zero-order chi connectivity index (χ0) is 7.90. The van der Waals surface area contributed by atoms with Crippen LogP contribution in [-0.4, -0.2) is 12.1 Å². The van der Waals surface area contributed by atoms with Gasteiger partial charge in [0, 0.05) is 17.5 Å². The van der Waals surface area contributed by atoms with E-state index >= 15 is 0 Å². The van der Waals surface area contributed by atoms with Crippen LogP contribution in [0.25, 0.3) is 0 Å². The molecule has 0 aliphatic heterocycles. The highest BCUT2D eigenvalue weighted by Crippen LogP contribution is 2.48. The number of hydrogen-bond donors (Lipinski definition) is 2. The zero-order valence-electron chi connectivity index (χ0n) is 7.05. The van der Waals surface area contributed by atoms with Gasteiger partial charge in [0.2, 0.25) is 0 Å². The monoisotopic (exact) mass is 154 g/mol. The molecule has 2 nitrogen and oxygen atoms in total. The van der Waals surface area contributed by atoms with Crippen LogP contribution >= 0.6 is 0 Å². The first-order valence-electron chi connectivity index (χ1n) is 4.77. The predicted molar refractivity (Wildman–Crippen MR) is 46.1 cm³/mol. The third kappa shape index (κ3) is 0.926. The van der Waals surface area contributed by atoms with Crippen molar-refractivity contribution in [1.29, 1.82) is 0 Å². The minimum absolute atomic E-state index is 0.361. The topological polar surface area (TPSA) is 52.0 Å². The van der Waals surface area contributed by atoms with E-state index in [0.717, 1.165) is 0 Å². The summed E-state index contributed by atoms with van der Waals surface area (Å²) < 4.78 is 0. The fraction of sp³-hybridized carbons (Fsp3) is 1.00. The third-order valence-corrected chi connectivity index (χ3v) is 3.79. The molecule has 0 aromatic carbocycles. The van der Waals surface area contributed by atoms with Crippen LogP contribution in [0.5, 0.6) is 0 Å². The van der Waals surface area contributed by atoms with Crippen LogP contribution in [0, 0.1) is 5.41 Å². The molecule has 1 spiro atoms. The molecule has 0 bridgehead atoms. The molecule has 2 fully saturated rings. The summed E-state index contributed by atoms with van der Waals surface area (Å²) in [5.74, 6) is 0. The first kappa shape index (κ1) is 7.56. The van der Waals surface area contributed by atoms with Crippen molar-refractivity contribution in [2.45, 2.75) is 50.6 Å². The molecule has 4 N–H and O–H groups in total. The first-order chi connectivity index (χ1) is 5.26. The van der Waals surface area contributed by atoms with E-state index in [1.165, 1.54) is 38.5 Å². The number of hydrogen-bond acceptors (Lipinski definition) is 2. The molecule has 2 heteroatoms. The Labute approximate surface area is 68.3 Å². The molecule has 0 amide bonds. The van der Waals surface area contributed by atoms with Crippen molar-refractivity contribution in [3.8, 4) is 0 Å². The summed E-state index contributed by atoms with van der Waals surface area (Å²) in [5, 5.41) is 0. The Balaban J connectivity index is 2.19. The SMILES string of the molecule is NC1CCCC12CCCC2N. The molecule has 64 valence electrons. The van der Waals surface area contributed by atoms with E-state index in [-0.39, 0.29) is 0 Å². The van der Waals surface area contributed by atoms with E-state index in [9.17, 15) is 0 Å². The van der Waals surface area contributed by atoms with Crippen molar-refractivity contribution in [3.05, 3.63) is 0 Å². The molecule has 2 unspecified atom stereocenters. The normalized spacial score (nSPS) is 50.7. The van der Waals surface area contributed by atoms with Crippen molar-refractivity contribution in [3.63, 3.8) is 0 Å². The summed E-state index contributed by atoms with van der Waals surface area (Å²) in [7, 11) is 0. The molecule has 2 aliphatic carbocycles. The molecule has 0 saturated heterocycles. The number of rotatable bonds is 0.